The minimum absolute atomic E-state index is 0.171. The normalized spacial score (nSPS) is 17.8. The molecule has 1 aromatic heterocycles. The van der Waals surface area contributed by atoms with E-state index in [1.54, 1.807) is 18.9 Å². The number of Topliss-reactive ketones (excluding diaryl/α,β-unsaturated/α-hetero) is 1. The van der Waals surface area contributed by atoms with Crippen LogP contribution in [0.25, 0.3) is 0 Å². The third-order valence-corrected chi connectivity index (χ3v) is 6.59. The fourth-order valence-electron chi connectivity index (χ4n) is 4.00. The zero-order valence-corrected chi connectivity index (χ0v) is 19.3. The number of rotatable bonds is 9. The summed E-state index contributed by atoms with van der Waals surface area (Å²) >= 11 is 1.64. The molecule has 1 aliphatic carbocycles. The second-order valence-corrected chi connectivity index (χ2v) is 8.88. The molecule has 8 heteroatoms. The van der Waals surface area contributed by atoms with Crippen LogP contribution in [0.4, 0.5) is 5.95 Å². The van der Waals surface area contributed by atoms with Crippen molar-refractivity contribution >= 4 is 23.5 Å². The number of benzene rings is 1. The van der Waals surface area contributed by atoms with Crippen LogP contribution in [0.15, 0.2) is 34.6 Å². The molecule has 1 N–H and O–H groups in total. The maximum atomic E-state index is 13.0. The number of ether oxygens (including phenoxy) is 2. The van der Waals surface area contributed by atoms with Crippen LogP contribution in [0, 0.1) is 0 Å². The molecule has 4 rings (SSSR count). The predicted molar refractivity (Wildman–Crippen MR) is 122 cm³/mol. The number of anilines is 1. The minimum Gasteiger partial charge on any atom is -0.493 e. The van der Waals surface area contributed by atoms with E-state index in [1.165, 1.54) is 0 Å². The highest BCUT2D eigenvalue weighted by Crippen LogP contribution is 2.42. The van der Waals surface area contributed by atoms with Crippen LogP contribution in [-0.4, -0.2) is 40.0 Å². The quantitative estimate of drug-likeness (QED) is 0.433. The number of carbonyl (C=O) groups excluding carboxylic acids is 1. The molecule has 7 nitrogen and oxygen atoms in total. The molecular weight excluding hydrogens is 412 g/mol. The van der Waals surface area contributed by atoms with E-state index in [2.05, 4.69) is 19.2 Å². The monoisotopic (exact) mass is 442 g/mol. The van der Waals surface area contributed by atoms with Gasteiger partial charge >= 0.3 is 0 Å². The summed E-state index contributed by atoms with van der Waals surface area (Å²) in [5.74, 6) is 3.21. The Bertz CT molecular complexity index is 985. The van der Waals surface area contributed by atoms with E-state index >= 15 is 0 Å². The van der Waals surface area contributed by atoms with Crippen LogP contribution in [0.5, 0.6) is 11.5 Å². The first-order chi connectivity index (χ1) is 15.2. The Morgan fingerprint density at radius 1 is 1.23 bits per heavy atom. The predicted octanol–water partition coefficient (Wildman–Crippen LogP) is 4.99. The molecule has 0 bridgehead atoms. The fourth-order valence-corrected chi connectivity index (χ4v) is 4.68. The lowest BCUT2D eigenvalue weighted by Gasteiger charge is -2.32. The number of thioether (sulfide) groups is 1. The van der Waals surface area contributed by atoms with Crippen molar-refractivity contribution in [2.24, 2.45) is 0 Å². The van der Waals surface area contributed by atoms with Crippen molar-refractivity contribution in [1.29, 1.82) is 0 Å². The maximum Gasteiger partial charge on any atom is 0.227 e. The van der Waals surface area contributed by atoms with Crippen molar-refractivity contribution in [3.05, 3.63) is 35.0 Å². The molecule has 0 amide bonds. The van der Waals surface area contributed by atoms with Gasteiger partial charge in [0.05, 0.1) is 13.7 Å². The van der Waals surface area contributed by atoms with Crippen LogP contribution >= 0.6 is 11.8 Å². The zero-order chi connectivity index (χ0) is 21.8. The molecule has 1 atom stereocenters. The summed E-state index contributed by atoms with van der Waals surface area (Å²) in [5.41, 5.74) is 2.70. The Labute approximate surface area is 187 Å². The molecule has 1 aliphatic heterocycles. The van der Waals surface area contributed by atoms with Crippen LogP contribution in [-0.2, 0) is 4.79 Å². The van der Waals surface area contributed by atoms with E-state index in [4.69, 9.17) is 19.6 Å². The van der Waals surface area contributed by atoms with Gasteiger partial charge in [-0.1, -0.05) is 38.1 Å². The Hall–Kier alpha value is -2.48. The molecule has 0 saturated heterocycles. The Morgan fingerprint density at radius 3 is 2.87 bits per heavy atom. The van der Waals surface area contributed by atoms with Gasteiger partial charge in [-0.15, -0.1) is 5.10 Å². The highest BCUT2D eigenvalue weighted by Gasteiger charge is 2.37. The zero-order valence-electron chi connectivity index (χ0n) is 18.4. The maximum absolute atomic E-state index is 13.0. The third kappa shape index (κ3) is 4.44. The van der Waals surface area contributed by atoms with Crippen molar-refractivity contribution < 1.29 is 14.3 Å². The lowest BCUT2D eigenvalue weighted by Crippen LogP contribution is -2.31. The standard InChI is InChI=1S/C23H30N4O3S/c1-4-6-12-30-18-11-10-15(14-19(18)29-3)21-20-16(8-7-9-17(20)28)24-22-25-23(26-27(21)22)31-13-5-2/h10-11,14,21H,4-9,12-13H2,1-3H3,(H,24,25,26). The van der Waals surface area contributed by atoms with Crippen LogP contribution in [0.1, 0.15) is 64.0 Å². The van der Waals surface area contributed by atoms with E-state index in [1.807, 2.05) is 22.9 Å². The smallest absolute Gasteiger partial charge is 0.227 e. The number of methoxy groups -OCH3 is 1. The molecular formula is C23H30N4O3S. The molecule has 166 valence electrons. The Morgan fingerprint density at radius 2 is 2.10 bits per heavy atom. The van der Waals surface area contributed by atoms with E-state index < -0.39 is 0 Å². The number of aromatic nitrogens is 3. The second-order valence-electron chi connectivity index (χ2n) is 7.82. The summed E-state index contributed by atoms with van der Waals surface area (Å²) in [5, 5.41) is 8.87. The fraction of sp³-hybridized carbons (Fsp3) is 0.522. The molecule has 1 unspecified atom stereocenters. The van der Waals surface area contributed by atoms with Crippen LogP contribution in [0.3, 0.4) is 0 Å². The second kappa shape index (κ2) is 9.77. The van der Waals surface area contributed by atoms with Gasteiger partial charge in [0.1, 0.15) is 6.04 Å². The SMILES string of the molecule is CCCCOc1ccc(C2C3=C(CCCC3=O)Nc3nc(SCCC)nn32)cc1OC. The number of fused-ring (bicyclic) bond motifs is 1. The number of hydrogen-bond acceptors (Lipinski definition) is 7. The first-order valence-electron chi connectivity index (χ1n) is 11.1. The van der Waals surface area contributed by atoms with Crippen molar-refractivity contribution in [2.45, 2.75) is 63.6 Å². The molecule has 1 aromatic carbocycles. The number of hydrogen-bond donors (Lipinski definition) is 1. The molecule has 0 saturated carbocycles. The van der Waals surface area contributed by atoms with Crippen molar-refractivity contribution in [1.82, 2.24) is 14.8 Å². The molecule has 2 aromatic rings. The Kier molecular flexibility index (Phi) is 6.85. The highest BCUT2D eigenvalue weighted by atomic mass is 32.2. The molecule has 0 fully saturated rings. The summed E-state index contributed by atoms with van der Waals surface area (Å²) in [6.45, 7) is 4.92. The number of nitrogens with zero attached hydrogens (tertiary/aromatic N) is 3. The van der Waals surface area contributed by atoms with Crippen LogP contribution in [0.2, 0.25) is 0 Å². The topological polar surface area (TPSA) is 78.3 Å². The summed E-state index contributed by atoms with van der Waals surface area (Å²) in [7, 11) is 1.64. The lowest BCUT2D eigenvalue weighted by atomic mass is 9.85. The first-order valence-corrected chi connectivity index (χ1v) is 12.1. The van der Waals surface area contributed by atoms with E-state index in [-0.39, 0.29) is 11.8 Å². The highest BCUT2D eigenvalue weighted by molar-refractivity contribution is 7.99. The number of allylic oxidation sites excluding steroid dienone is 2. The number of nitrogens with one attached hydrogen (secondary N) is 1. The molecule has 2 heterocycles. The molecule has 31 heavy (non-hydrogen) atoms. The van der Waals surface area contributed by atoms with E-state index in [0.29, 0.717) is 24.7 Å². The van der Waals surface area contributed by atoms with Gasteiger partial charge in [0, 0.05) is 23.4 Å². The van der Waals surface area contributed by atoms with Crippen molar-refractivity contribution in [3.63, 3.8) is 0 Å². The lowest BCUT2D eigenvalue weighted by molar-refractivity contribution is -0.116. The summed E-state index contributed by atoms with van der Waals surface area (Å²) < 4.78 is 13.4. The average Bonchev–Trinajstić information content (AvgIpc) is 3.19. The van der Waals surface area contributed by atoms with Gasteiger partial charge in [-0.05, 0) is 43.4 Å². The number of carbonyl (C=O) groups is 1. The summed E-state index contributed by atoms with van der Waals surface area (Å²) in [6.07, 6.45) is 5.38. The minimum atomic E-state index is -0.318. The van der Waals surface area contributed by atoms with Gasteiger partial charge in [-0.25, -0.2) is 4.68 Å². The number of unbranched alkanes of at least 4 members (excludes halogenated alkanes) is 1. The number of ketones is 1. The van der Waals surface area contributed by atoms with Crippen molar-refractivity contribution in [2.75, 3.05) is 24.8 Å². The average molecular weight is 443 g/mol. The first kappa shape index (κ1) is 21.7. The van der Waals surface area contributed by atoms with Crippen molar-refractivity contribution in [3.8, 4) is 11.5 Å². The summed E-state index contributed by atoms with van der Waals surface area (Å²) in [4.78, 5) is 17.7. The van der Waals surface area contributed by atoms with Gasteiger partial charge in [0.25, 0.3) is 0 Å². The largest absolute Gasteiger partial charge is 0.493 e. The van der Waals surface area contributed by atoms with Gasteiger partial charge in [-0.3, -0.25) is 4.79 Å². The Balaban J connectivity index is 1.75. The van der Waals surface area contributed by atoms with Crippen LogP contribution < -0.4 is 14.8 Å². The summed E-state index contributed by atoms with van der Waals surface area (Å²) in [6, 6.07) is 5.59. The van der Waals surface area contributed by atoms with E-state index in [9.17, 15) is 4.79 Å². The molecule has 2 aliphatic rings. The van der Waals surface area contributed by atoms with Gasteiger partial charge in [0.2, 0.25) is 11.1 Å². The van der Waals surface area contributed by atoms with Gasteiger partial charge < -0.3 is 14.8 Å². The van der Waals surface area contributed by atoms with Gasteiger partial charge in [0.15, 0.2) is 17.3 Å². The molecule has 0 radical (unpaired) electrons. The molecule has 0 spiro atoms. The van der Waals surface area contributed by atoms with Gasteiger partial charge in [-0.2, -0.15) is 4.98 Å². The van der Waals surface area contributed by atoms with E-state index in [0.717, 1.165) is 65.6 Å². The third-order valence-electron chi connectivity index (χ3n) is 5.54.